The van der Waals surface area contributed by atoms with Gasteiger partial charge in [-0.3, -0.25) is 0 Å². The molecule has 2 aliphatic rings. The van der Waals surface area contributed by atoms with Crippen molar-refractivity contribution in [2.45, 2.75) is 50.0 Å². The molecule has 1 aliphatic carbocycles. The maximum atomic E-state index is 13.1. The lowest BCUT2D eigenvalue weighted by Crippen LogP contribution is -2.38. The van der Waals surface area contributed by atoms with Crippen LogP contribution in [0.2, 0.25) is 0 Å². The Hall–Kier alpha value is -1.60. The quantitative estimate of drug-likeness (QED) is 0.891. The molecule has 3 rings (SSSR count). The molecule has 2 N–H and O–H groups in total. The summed E-state index contributed by atoms with van der Waals surface area (Å²) in [6, 6.07) is 3.16. The minimum Gasteiger partial charge on any atom is -0.478 e. The summed E-state index contributed by atoms with van der Waals surface area (Å²) in [7, 11) is 0. The van der Waals surface area contributed by atoms with Gasteiger partial charge in [-0.25, -0.2) is 4.79 Å². The molecule has 1 spiro atoms. The molecule has 0 radical (unpaired) electrons. The van der Waals surface area contributed by atoms with E-state index in [0.717, 1.165) is 25.7 Å². The number of carbonyl (C=O) groups is 1. The molecule has 1 aromatic rings. The minimum atomic E-state index is -4.58. The van der Waals surface area contributed by atoms with Gasteiger partial charge in [0.15, 0.2) is 0 Å². The summed E-state index contributed by atoms with van der Waals surface area (Å²) in [6.45, 7) is 0.549. The molecule has 1 aromatic carbocycles. The molecular formula is C16H18F3NO3. The summed E-state index contributed by atoms with van der Waals surface area (Å²) in [5.41, 5.74) is -1.27. The number of aromatic carboxylic acids is 1. The summed E-state index contributed by atoms with van der Waals surface area (Å²) in [6.07, 6.45) is -0.578. The maximum absolute atomic E-state index is 13.1. The highest BCUT2D eigenvalue weighted by molar-refractivity contribution is 5.88. The Labute approximate surface area is 131 Å². The number of rotatable bonds is 4. The Balaban J connectivity index is 1.70. The molecule has 1 aliphatic heterocycles. The van der Waals surface area contributed by atoms with E-state index < -0.39 is 17.7 Å². The summed E-state index contributed by atoms with van der Waals surface area (Å²) in [5.74, 6) is -1.37. The molecule has 0 bridgehead atoms. The zero-order valence-electron chi connectivity index (χ0n) is 12.4. The first kappa shape index (κ1) is 16.3. The largest absolute Gasteiger partial charge is 0.478 e. The number of ether oxygens (including phenoxy) is 1. The first-order valence-electron chi connectivity index (χ1n) is 7.60. The number of hydrogen-bond donors (Lipinski definition) is 2. The molecule has 1 saturated heterocycles. The molecular weight excluding hydrogens is 311 g/mol. The van der Waals surface area contributed by atoms with Crippen LogP contribution in [0, 0.1) is 0 Å². The van der Waals surface area contributed by atoms with Crippen molar-refractivity contribution >= 4 is 5.97 Å². The van der Waals surface area contributed by atoms with Crippen LogP contribution in [0.4, 0.5) is 13.2 Å². The van der Waals surface area contributed by atoms with Crippen LogP contribution in [0.3, 0.4) is 0 Å². The minimum absolute atomic E-state index is 0.0375. The van der Waals surface area contributed by atoms with Crippen LogP contribution in [0.15, 0.2) is 18.2 Å². The van der Waals surface area contributed by atoms with E-state index in [1.807, 2.05) is 0 Å². The van der Waals surface area contributed by atoms with Gasteiger partial charge in [0.1, 0.15) is 0 Å². The third-order valence-electron chi connectivity index (χ3n) is 4.72. The van der Waals surface area contributed by atoms with E-state index in [-0.39, 0.29) is 29.3 Å². The average Bonchev–Trinajstić information content (AvgIpc) is 2.88. The standard InChI is InChI=1S/C16H18F3NO3/c17-16(18,19)13-6-10(14(21)22)2-3-11(13)8-20-12-7-15(23-9-12)4-1-5-15/h2-3,6,12,20H,1,4-5,7-9H2,(H,21,22). The van der Waals surface area contributed by atoms with E-state index in [2.05, 4.69) is 5.32 Å². The number of halogens is 3. The number of alkyl halides is 3. The van der Waals surface area contributed by atoms with Gasteiger partial charge in [-0.2, -0.15) is 13.2 Å². The second kappa shape index (κ2) is 5.79. The van der Waals surface area contributed by atoms with Crippen LogP contribution in [0.25, 0.3) is 0 Å². The van der Waals surface area contributed by atoms with Crippen molar-refractivity contribution in [3.8, 4) is 0 Å². The van der Waals surface area contributed by atoms with Crippen molar-refractivity contribution in [3.05, 3.63) is 34.9 Å². The van der Waals surface area contributed by atoms with Gasteiger partial charge < -0.3 is 15.2 Å². The average molecular weight is 329 g/mol. The summed E-state index contributed by atoms with van der Waals surface area (Å²) >= 11 is 0. The molecule has 1 heterocycles. The van der Waals surface area contributed by atoms with E-state index in [1.54, 1.807) is 0 Å². The normalized spacial score (nSPS) is 23.0. The molecule has 1 atom stereocenters. The topological polar surface area (TPSA) is 58.6 Å². The molecule has 2 fully saturated rings. The van der Waals surface area contributed by atoms with Crippen molar-refractivity contribution in [1.29, 1.82) is 0 Å². The lowest BCUT2D eigenvalue weighted by molar-refractivity contribution is -0.138. The van der Waals surface area contributed by atoms with E-state index >= 15 is 0 Å². The smallest absolute Gasteiger partial charge is 0.416 e. The summed E-state index contributed by atoms with van der Waals surface area (Å²) in [5, 5.41) is 12.0. The van der Waals surface area contributed by atoms with E-state index in [1.165, 1.54) is 12.1 Å². The number of hydrogen-bond acceptors (Lipinski definition) is 3. The third kappa shape index (κ3) is 3.35. The van der Waals surface area contributed by atoms with Gasteiger partial charge in [-0.05, 0) is 43.4 Å². The molecule has 1 unspecified atom stereocenters. The van der Waals surface area contributed by atoms with Gasteiger partial charge >= 0.3 is 12.1 Å². The van der Waals surface area contributed by atoms with Crippen molar-refractivity contribution in [2.24, 2.45) is 0 Å². The highest BCUT2D eigenvalue weighted by Gasteiger charge is 2.45. The van der Waals surface area contributed by atoms with Crippen LogP contribution in [0.1, 0.15) is 47.2 Å². The van der Waals surface area contributed by atoms with Crippen LogP contribution in [-0.2, 0) is 17.5 Å². The first-order valence-corrected chi connectivity index (χ1v) is 7.60. The molecule has 4 nitrogen and oxygen atoms in total. The fourth-order valence-corrected chi connectivity index (χ4v) is 3.28. The van der Waals surface area contributed by atoms with Gasteiger partial charge in [0.2, 0.25) is 0 Å². The predicted octanol–water partition coefficient (Wildman–Crippen LogP) is 3.20. The van der Waals surface area contributed by atoms with Crippen molar-refractivity contribution < 1.29 is 27.8 Å². The van der Waals surface area contributed by atoms with Crippen molar-refractivity contribution in [1.82, 2.24) is 5.32 Å². The van der Waals surface area contributed by atoms with E-state index in [9.17, 15) is 18.0 Å². The summed E-state index contributed by atoms with van der Waals surface area (Å²) in [4.78, 5) is 10.9. The second-order valence-electron chi connectivity index (χ2n) is 6.30. The lowest BCUT2D eigenvalue weighted by Gasteiger charge is -2.37. The van der Waals surface area contributed by atoms with Crippen LogP contribution in [-0.4, -0.2) is 29.3 Å². The van der Waals surface area contributed by atoms with Gasteiger partial charge in [0.25, 0.3) is 0 Å². The van der Waals surface area contributed by atoms with E-state index in [0.29, 0.717) is 12.7 Å². The fraction of sp³-hybridized carbons (Fsp3) is 0.562. The number of carboxylic acid groups (broad SMARTS) is 1. The number of nitrogens with one attached hydrogen (secondary N) is 1. The fourth-order valence-electron chi connectivity index (χ4n) is 3.28. The van der Waals surface area contributed by atoms with Gasteiger partial charge in [0, 0.05) is 12.6 Å². The van der Waals surface area contributed by atoms with Crippen LogP contribution >= 0.6 is 0 Å². The maximum Gasteiger partial charge on any atom is 0.416 e. The molecule has 126 valence electrons. The number of benzene rings is 1. The Kier molecular flexibility index (Phi) is 4.10. The number of carboxylic acids is 1. The molecule has 0 amide bonds. The highest BCUT2D eigenvalue weighted by Crippen LogP contribution is 2.43. The lowest BCUT2D eigenvalue weighted by atomic mass is 9.77. The van der Waals surface area contributed by atoms with Crippen LogP contribution in [0.5, 0.6) is 0 Å². The van der Waals surface area contributed by atoms with Crippen molar-refractivity contribution in [2.75, 3.05) is 6.61 Å². The van der Waals surface area contributed by atoms with Gasteiger partial charge in [-0.15, -0.1) is 0 Å². The van der Waals surface area contributed by atoms with Crippen LogP contribution < -0.4 is 5.32 Å². The van der Waals surface area contributed by atoms with Gasteiger partial charge in [0.05, 0.1) is 23.3 Å². The monoisotopic (exact) mass is 329 g/mol. The zero-order chi connectivity index (χ0) is 16.7. The Morgan fingerprint density at radius 1 is 1.39 bits per heavy atom. The molecule has 23 heavy (non-hydrogen) atoms. The predicted molar refractivity (Wildman–Crippen MR) is 76.2 cm³/mol. The van der Waals surface area contributed by atoms with Gasteiger partial charge in [-0.1, -0.05) is 6.07 Å². The highest BCUT2D eigenvalue weighted by atomic mass is 19.4. The molecule has 0 aromatic heterocycles. The Morgan fingerprint density at radius 2 is 2.13 bits per heavy atom. The van der Waals surface area contributed by atoms with Crippen molar-refractivity contribution in [3.63, 3.8) is 0 Å². The Morgan fingerprint density at radius 3 is 2.65 bits per heavy atom. The SMILES string of the molecule is O=C(O)c1ccc(CNC2COC3(CCC3)C2)c(C(F)(F)F)c1. The second-order valence-corrected chi connectivity index (χ2v) is 6.30. The third-order valence-corrected chi connectivity index (χ3v) is 4.72. The molecule has 7 heteroatoms. The molecule has 1 saturated carbocycles. The Bertz CT molecular complexity index is 611. The first-order chi connectivity index (χ1) is 10.8. The zero-order valence-corrected chi connectivity index (χ0v) is 12.4. The summed E-state index contributed by atoms with van der Waals surface area (Å²) < 4.78 is 45.2. The van der Waals surface area contributed by atoms with E-state index in [4.69, 9.17) is 9.84 Å².